The normalized spacial score (nSPS) is 34.9. The van der Waals surface area contributed by atoms with E-state index in [2.05, 4.69) is 44.7 Å². The molecule has 0 aromatic rings. The zero-order valence-corrected chi connectivity index (χ0v) is 18.0. The SMILES string of the molecule is CN(C)C1NC(N2CCOCC2)NC(N(C2CCCCC2)C2CCCCC2)N1. The predicted octanol–water partition coefficient (Wildman–Crippen LogP) is 1.48. The maximum Gasteiger partial charge on any atom is 0.119 e. The first-order valence-electron chi connectivity index (χ1n) is 11.8. The first-order valence-corrected chi connectivity index (χ1v) is 11.8. The van der Waals surface area contributed by atoms with Gasteiger partial charge in [-0.1, -0.05) is 38.5 Å². The summed E-state index contributed by atoms with van der Waals surface area (Å²) < 4.78 is 5.60. The van der Waals surface area contributed by atoms with Crippen LogP contribution in [-0.4, -0.2) is 86.1 Å². The van der Waals surface area contributed by atoms with Crippen LogP contribution in [0.15, 0.2) is 0 Å². The smallest absolute Gasteiger partial charge is 0.119 e. The number of ether oxygens (including phenoxy) is 1. The van der Waals surface area contributed by atoms with Gasteiger partial charge in [-0.2, -0.15) is 0 Å². The molecular formula is C21H42N6O. The molecule has 2 aliphatic carbocycles. The van der Waals surface area contributed by atoms with Crippen molar-refractivity contribution in [3.63, 3.8) is 0 Å². The number of morpholine rings is 1. The van der Waals surface area contributed by atoms with E-state index in [1.54, 1.807) is 0 Å². The summed E-state index contributed by atoms with van der Waals surface area (Å²) in [6.07, 6.45) is 14.4. The van der Waals surface area contributed by atoms with Crippen LogP contribution in [-0.2, 0) is 4.74 Å². The largest absolute Gasteiger partial charge is 0.379 e. The topological polar surface area (TPSA) is 55.0 Å². The summed E-state index contributed by atoms with van der Waals surface area (Å²) in [7, 11) is 4.32. The van der Waals surface area contributed by atoms with E-state index < -0.39 is 0 Å². The molecule has 2 saturated heterocycles. The lowest BCUT2D eigenvalue weighted by atomic mass is 9.88. The average molecular weight is 395 g/mol. The molecule has 2 aliphatic heterocycles. The lowest BCUT2D eigenvalue weighted by Gasteiger charge is -2.53. The molecule has 4 aliphatic rings. The van der Waals surface area contributed by atoms with Crippen molar-refractivity contribution in [3.8, 4) is 0 Å². The molecule has 4 rings (SSSR count). The van der Waals surface area contributed by atoms with Crippen LogP contribution in [0.25, 0.3) is 0 Å². The van der Waals surface area contributed by atoms with Gasteiger partial charge in [0.25, 0.3) is 0 Å². The molecule has 0 bridgehead atoms. The highest BCUT2D eigenvalue weighted by molar-refractivity contribution is 4.91. The van der Waals surface area contributed by atoms with Crippen LogP contribution in [0.2, 0.25) is 0 Å². The maximum absolute atomic E-state index is 5.60. The number of nitrogens with zero attached hydrogens (tertiary/aromatic N) is 3. The number of hydrogen-bond donors (Lipinski definition) is 3. The lowest BCUT2D eigenvalue weighted by molar-refractivity contribution is -0.0878. The van der Waals surface area contributed by atoms with Crippen molar-refractivity contribution in [2.75, 3.05) is 40.4 Å². The van der Waals surface area contributed by atoms with Gasteiger partial charge in [0.2, 0.25) is 0 Å². The lowest BCUT2D eigenvalue weighted by Crippen LogP contribution is -2.79. The third-order valence-electron chi connectivity index (χ3n) is 7.17. The first kappa shape index (κ1) is 21.0. The second kappa shape index (κ2) is 10.2. The first-order chi connectivity index (χ1) is 13.7. The molecule has 28 heavy (non-hydrogen) atoms. The Hall–Kier alpha value is -0.280. The fourth-order valence-corrected chi connectivity index (χ4v) is 5.59. The Bertz CT molecular complexity index is 442. The second-order valence-corrected chi connectivity index (χ2v) is 9.35. The Morgan fingerprint density at radius 1 is 0.714 bits per heavy atom. The summed E-state index contributed by atoms with van der Waals surface area (Å²) in [5, 5.41) is 11.6. The summed E-state index contributed by atoms with van der Waals surface area (Å²) in [6.45, 7) is 3.65. The van der Waals surface area contributed by atoms with Crippen molar-refractivity contribution in [3.05, 3.63) is 0 Å². The van der Waals surface area contributed by atoms with Gasteiger partial charge in [0.05, 0.1) is 13.2 Å². The predicted molar refractivity (Wildman–Crippen MR) is 112 cm³/mol. The van der Waals surface area contributed by atoms with Crippen molar-refractivity contribution in [1.29, 1.82) is 0 Å². The Balaban J connectivity index is 1.53. The van der Waals surface area contributed by atoms with Gasteiger partial charge < -0.3 is 4.74 Å². The van der Waals surface area contributed by atoms with Gasteiger partial charge in [0.1, 0.15) is 18.9 Å². The molecule has 162 valence electrons. The van der Waals surface area contributed by atoms with Gasteiger partial charge in [0.15, 0.2) is 0 Å². The Kier molecular flexibility index (Phi) is 7.61. The van der Waals surface area contributed by atoms with Crippen LogP contribution in [0.5, 0.6) is 0 Å². The van der Waals surface area contributed by atoms with Gasteiger partial charge in [-0.15, -0.1) is 0 Å². The molecular weight excluding hydrogens is 352 g/mol. The Morgan fingerprint density at radius 3 is 1.79 bits per heavy atom. The monoisotopic (exact) mass is 394 g/mol. The molecule has 7 nitrogen and oxygen atoms in total. The van der Waals surface area contributed by atoms with Crippen LogP contribution < -0.4 is 16.0 Å². The van der Waals surface area contributed by atoms with Crippen LogP contribution in [0.3, 0.4) is 0 Å². The minimum atomic E-state index is 0.175. The van der Waals surface area contributed by atoms with E-state index in [1.807, 2.05) is 0 Å². The highest BCUT2D eigenvalue weighted by Crippen LogP contribution is 2.31. The van der Waals surface area contributed by atoms with Crippen molar-refractivity contribution < 1.29 is 4.74 Å². The van der Waals surface area contributed by atoms with Crippen LogP contribution >= 0.6 is 0 Å². The molecule has 0 radical (unpaired) electrons. The minimum absolute atomic E-state index is 0.175. The average Bonchev–Trinajstić information content (AvgIpc) is 2.76. The maximum atomic E-state index is 5.60. The fourth-order valence-electron chi connectivity index (χ4n) is 5.59. The van der Waals surface area contributed by atoms with E-state index in [0.717, 1.165) is 26.3 Å². The van der Waals surface area contributed by atoms with Gasteiger partial charge in [-0.05, 0) is 39.8 Å². The zero-order chi connectivity index (χ0) is 19.3. The van der Waals surface area contributed by atoms with Crippen molar-refractivity contribution in [2.45, 2.75) is 95.2 Å². The summed E-state index contributed by atoms with van der Waals surface area (Å²) in [5.74, 6) is 0. The van der Waals surface area contributed by atoms with Crippen molar-refractivity contribution in [2.24, 2.45) is 0 Å². The molecule has 3 unspecified atom stereocenters. The quantitative estimate of drug-likeness (QED) is 0.653. The van der Waals surface area contributed by atoms with E-state index in [9.17, 15) is 0 Å². The molecule has 0 amide bonds. The molecule has 3 atom stereocenters. The van der Waals surface area contributed by atoms with Crippen LogP contribution in [0.1, 0.15) is 64.2 Å². The Labute approximate surface area is 171 Å². The molecule has 0 aromatic heterocycles. The van der Waals surface area contributed by atoms with Crippen LogP contribution in [0, 0.1) is 0 Å². The molecule has 0 spiro atoms. The number of rotatable bonds is 5. The van der Waals surface area contributed by atoms with Gasteiger partial charge in [-0.25, -0.2) is 0 Å². The highest BCUT2D eigenvalue weighted by atomic mass is 16.5. The third-order valence-corrected chi connectivity index (χ3v) is 7.17. The van der Waals surface area contributed by atoms with Gasteiger partial charge in [0, 0.05) is 25.2 Å². The van der Waals surface area contributed by atoms with E-state index in [-0.39, 0.29) is 18.9 Å². The van der Waals surface area contributed by atoms with E-state index >= 15 is 0 Å². The summed E-state index contributed by atoms with van der Waals surface area (Å²) in [4.78, 5) is 7.64. The van der Waals surface area contributed by atoms with Crippen LogP contribution in [0.4, 0.5) is 0 Å². The highest BCUT2D eigenvalue weighted by Gasteiger charge is 2.40. The summed E-state index contributed by atoms with van der Waals surface area (Å²) >= 11 is 0. The Morgan fingerprint density at radius 2 is 1.25 bits per heavy atom. The number of nitrogens with one attached hydrogen (secondary N) is 3. The van der Waals surface area contributed by atoms with Crippen molar-refractivity contribution >= 4 is 0 Å². The summed E-state index contributed by atoms with van der Waals surface area (Å²) in [6, 6.07) is 1.43. The van der Waals surface area contributed by atoms with E-state index in [0.29, 0.717) is 12.1 Å². The van der Waals surface area contributed by atoms with Crippen molar-refractivity contribution in [1.82, 2.24) is 30.7 Å². The minimum Gasteiger partial charge on any atom is -0.379 e. The molecule has 4 fully saturated rings. The molecule has 2 saturated carbocycles. The fraction of sp³-hybridized carbons (Fsp3) is 1.00. The third kappa shape index (κ3) is 5.06. The van der Waals surface area contributed by atoms with E-state index in [4.69, 9.17) is 4.74 Å². The summed E-state index contributed by atoms with van der Waals surface area (Å²) in [5.41, 5.74) is 0. The zero-order valence-electron chi connectivity index (χ0n) is 18.0. The van der Waals surface area contributed by atoms with Gasteiger partial charge >= 0.3 is 0 Å². The number of hydrogen-bond acceptors (Lipinski definition) is 7. The standard InChI is InChI=1S/C21H42N6O/c1-25(2)19-22-20(26-13-15-28-16-14-26)24-21(23-19)27(17-9-5-3-6-10-17)18-11-7-4-8-12-18/h17-24H,3-16H2,1-2H3. The molecule has 3 N–H and O–H groups in total. The molecule has 7 heteroatoms. The van der Waals surface area contributed by atoms with Gasteiger partial charge in [-0.3, -0.25) is 30.7 Å². The second-order valence-electron chi connectivity index (χ2n) is 9.35. The molecule has 0 aromatic carbocycles. The molecule has 2 heterocycles. The van der Waals surface area contributed by atoms with E-state index in [1.165, 1.54) is 64.2 Å².